The van der Waals surface area contributed by atoms with Gasteiger partial charge in [-0.15, -0.1) is 0 Å². The molecule has 23 heavy (non-hydrogen) atoms. The van der Waals surface area contributed by atoms with Gasteiger partial charge in [-0.1, -0.05) is 78.9 Å². The predicted molar refractivity (Wildman–Crippen MR) is 96.7 cm³/mol. The van der Waals surface area contributed by atoms with Crippen molar-refractivity contribution >= 4 is 16.5 Å². The molecule has 1 heteroatoms. The molecule has 1 aliphatic carbocycles. The van der Waals surface area contributed by atoms with Crippen molar-refractivity contribution < 1.29 is 0 Å². The fraction of sp³-hybridized carbons (Fsp3) is 0.182. The number of nitrogens with one attached hydrogen (secondary N) is 1. The summed E-state index contributed by atoms with van der Waals surface area (Å²) in [5, 5.41) is 6.54. The molecular formula is C22H19N. The number of anilines is 1. The molecule has 1 aliphatic heterocycles. The quantitative estimate of drug-likeness (QED) is 0.571. The number of hydrogen-bond donors (Lipinski definition) is 1. The molecule has 0 bridgehead atoms. The van der Waals surface area contributed by atoms with Crippen LogP contribution < -0.4 is 5.32 Å². The maximum Gasteiger partial charge on any atom is 0.0554 e. The van der Waals surface area contributed by atoms with Crippen molar-refractivity contribution in [2.45, 2.75) is 18.4 Å². The highest BCUT2D eigenvalue weighted by atomic mass is 15.0. The molecular weight excluding hydrogens is 278 g/mol. The van der Waals surface area contributed by atoms with Crippen LogP contribution in [0.25, 0.3) is 10.8 Å². The minimum absolute atomic E-state index is 0.384. The fourth-order valence-corrected chi connectivity index (χ4v) is 4.33. The van der Waals surface area contributed by atoms with Crippen LogP contribution in [0.15, 0.2) is 78.9 Å². The molecule has 0 amide bonds. The second-order valence-electron chi connectivity index (χ2n) is 6.64. The third kappa shape index (κ3) is 1.93. The van der Waals surface area contributed by atoms with Gasteiger partial charge in [-0.25, -0.2) is 0 Å². The van der Waals surface area contributed by atoms with Crippen LogP contribution in [0.2, 0.25) is 0 Å². The largest absolute Gasteiger partial charge is 0.377 e. The van der Waals surface area contributed by atoms with E-state index >= 15 is 0 Å². The molecule has 3 aromatic rings. The van der Waals surface area contributed by atoms with Gasteiger partial charge in [0.1, 0.15) is 0 Å². The lowest BCUT2D eigenvalue weighted by Gasteiger charge is -2.38. The van der Waals surface area contributed by atoms with E-state index in [1.807, 2.05) is 0 Å². The summed E-state index contributed by atoms with van der Waals surface area (Å²) in [4.78, 5) is 0. The molecule has 1 heterocycles. The smallest absolute Gasteiger partial charge is 0.0554 e. The topological polar surface area (TPSA) is 12.0 Å². The van der Waals surface area contributed by atoms with Crippen LogP contribution in [0.5, 0.6) is 0 Å². The van der Waals surface area contributed by atoms with Crippen LogP contribution in [0, 0.1) is 5.92 Å². The molecule has 3 atom stereocenters. The summed E-state index contributed by atoms with van der Waals surface area (Å²) in [5.74, 6) is 1.15. The summed E-state index contributed by atoms with van der Waals surface area (Å²) in [6.07, 6.45) is 5.93. The average Bonchev–Trinajstić information content (AvgIpc) is 3.11. The molecule has 2 aliphatic rings. The Morgan fingerprint density at radius 2 is 1.65 bits per heavy atom. The van der Waals surface area contributed by atoms with Crippen LogP contribution in [0.3, 0.4) is 0 Å². The Morgan fingerprint density at radius 3 is 2.57 bits per heavy atom. The lowest BCUT2D eigenvalue weighted by atomic mass is 9.76. The molecule has 5 rings (SSSR count). The molecule has 1 nitrogen and oxygen atoms in total. The van der Waals surface area contributed by atoms with Crippen LogP contribution in [-0.2, 0) is 0 Å². The molecule has 1 N–H and O–H groups in total. The van der Waals surface area contributed by atoms with Crippen LogP contribution in [-0.4, -0.2) is 0 Å². The molecule has 0 fully saturated rings. The summed E-state index contributed by atoms with van der Waals surface area (Å²) in [7, 11) is 0. The van der Waals surface area contributed by atoms with Gasteiger partial charge >= 0.3 is 0 Å². The maximum atomic E-state index is 3.89. The highest BCUT2D eigenvalue weighted by Crippen LogP contribution is 2.51. The van der Waals surface area contributed by atoms with E-state index in [2.05, 4.69) is 84.2 Å². The number of hydrogen-bond acceptors (Lipinski definition) is 1. The van der Waals surface area contributed by atoms with E-state index in [1.165, 1.54) is 27.6 Å². The van der Waals surface area contributed by atoms with Gasteiger partial charge in [0.15, 0.2) is 0 Å². The summed E-state index contributed by atoms with van der Waals surface area (Å²) in [6.45, 7) is 0. The van der Waals surface area contributed by atoms with E-state index in [1.54, 1.807) is 0 Å². The van der Waals surface area contributed by atoms with Crippen molar-refractivity contribution in [2.75, 3.05) is 5.32 Å². The number of fused-ring (bicyclic) bond motifs is 5. The first-order chi connectivity index (χ1) is 11.4. The molecule has 112 valence electrons. The standard InChI is InChI=1S/C22H19N/c1-2-8-16(9-3-1)21-19-12-6-11-18(19)20-14-13-15-7-4-5-10-17(15)22(20)23-21/h1-11,13-14,18-19,21,23H,12H2/t18-,19+,21+/m0/s1. The molecule has 0 radical (unpaired) electrons. The minimum atomic E-state index is 0.384. The molecule has 0 aromatic heterocycles. The Bertz CT molecular complexity index is 894. The summed E-state index contributed by atoms with van der Waals surface area (Å²) in [5.41, 5.74) is 4.17. The van der Waals surface area contributed by atoms with Gasteiger partial charge in [0.25, 0.3) is 0 Å². The molecule has 3 aromatic carbocycles. The van der Waals surface area contributed by atoms with E-state index < -0.39 is 0 Å². The van der Waals surface area contributed by atoms with Gasteiger partial charge in [0, 0.05) is 17.0 Å². The van der Waals surface area contributed by atoms with E-state index in [0.717, 1.165) is 6.42 Å². The monoisotopic (exact) mass is 297 g/mol. The van der Waals surface area contributed by atoms with Crippen molar-refractivity contribution in [3.05, 3.63) is 90.0 Å². The fourth-order valence-electron chi connectivity index (χ4n) is 4.33. The zero-order valence-corrected chi connectivity index (χ0v) is 12.9. The first kappa shape index (κ1) is 13.0. The SMILES string of the molecule is C1=C[C@@H]2c3ccc4ccccc4c3N[C@H](c3ccccc3)[C@@H]2C1. The van der Waals surface area contributed by atoms with Crippen LogP contribution in [0.4, 0.5) is 5.69 Å². The van der Waals surface area contributed by atoms with Gasteiger partial charge in [0.2, 0.25) is 0 Å². The zero-order valence-electron chi connectivity index (χ0n) is 12.9. The van der Waals surface area contributed by atoms with Gasteiger partial charge < -0.3 is 5.32 Å². The second kappa shape index (κ2) is 4.99. The predicted octanol–water partition coefficient (Wildman–Crippen LogP) is 5.67. The van der Waals surface area contributed by atoms with E-state index in [4.69, 9.17) is 0 Å². The summed E-state index contributed by atoms with van der Waals surface area (Å²) in [6, 6.07) is 24.6. The lowest BCUT2D eigenvalue weighted by molar-refractivity contribution is 0.426. The van der Waals surface area contributed by atoms with Gasteiger partial charge in [0.05, 0.1) is 6.04 Å². The van der Waals surface area contributed by atoms with Gasteiger partial charge in [-0.2, -0.15) is 0 Å². The third-order valence-corrected chi connectivity index (χ3v) is 5.42. The number of benzene rings is 3. The van der Waals surface area contributed by atoms with E-state index in [9.17, 15) is 0 Å². The van der Waals surface area contributed by atoms with E-state index in [0.29, 0.717) is 17.9 Å². The minimum Gasteiger partial charge on any atom is -0.377 e. The van der Waals surface area contributed by atoms with Crippen molar-refractivity contribution in [1.29, 1.82) is 0 Å². The third-order valence-electron chi connectivity index (χ3n) is 5.42. The number of allylic oxidation sites excluding steroid dienone is 2. The molecule has 0 saturated carbocycles. The Kier molecular flexibility index (Phi) is 2.81. The van der Waals surface area contributed by atoms with Crippen molar-refractivity contribution in [1.82, 2.24) is 0 Å². The highest BCUT2D eigenvalue weighted by molar-refractivity contribution is 5.96. The van der Waals surface area contributed by atoms with Crippen LogP contribution in [0.1, 0.15) is 29.5 Å². The Balaban J connectivity index is 1.72. The molecule has 0 saturated heterocycles. The van der Waals surface area contributed by atoms with Crippen molar-refractivity contribution in [3.63, 3.8) is 0 Å². The highest BCUT2D eigenvalue weighted by Gasteiger charge is 2.38. The van der Waals surface area contributed by atoms with Gasteiger partial charge in [-0.05, 0) is 28.9 Å². The van der Waals surface area contributed by atoms with E-state index in [-0.39, 0.29) is 0 Å². The van der Waals surface area contributed by atoms with Crippen LogP contribution >= 0.6 is 0 Å². The Labute approximate surface area is 136 Å². The number of rotatable bonds is 1. The average molecular weight is 297 g/mol. The maximum absolute atomic E-state index is 3.89. The molecule has 0 spiro atoms. The van der Waals surface area contributed by atoms with Crippen molar-refractivity contribution in [2.24, 2.45) is 5.92 Å². The lowest BCUT2D eigenvalue weighted by Crippen LogP contribution is -2.29. The first-order valence-corrected chi connectivity index (χ1v) is 8.41. The second-order valence-corrected chi connectivity index (χ2v) is 6.64. The summed E-state index contributed by atoms with van der Waals surface area (Å²) >= 11 is 0. The Hall–Kier alpha value is -2.54. The normalized spacial score (nSPS) is 25.0. The van der Waals surface area contributed by atoms with Crippen molar-refractivity contribution in [3.8, 4) is 0 Å². The molecule has 0 unspecified atom stereocenters. The first-order valence-electron chi connectivity index (χ1n) is 8.41. The zero-order chi connectivity index (χ0) is 15.2. The Morgan fingerprint density at radius 1 is 0.826 bits per heavy atom. The van der Waals surface area contributed by atoms with Gasteiger partial charge in [-0.3, -0.25) is 0 Å². The summed E-state index contributed by atoms with van der Waals surface area (Å²) < 4.78 is 0.